The average Bonchev–Trinajstić information content (AvgIpc) is 2.30. The number of ether oxygens (including phenoxy) is 1. The first-order valence-electron chi connectivity index (χ1n) is 5.28. The van der Waals surface area contributed by atoms with Gasteiger partial charge in [-0.1, -0.05) is 30.3 Å². The highest BCUT2D eigenvalue weighted by atomic mass is 35.5. The molecule has 0 heterocycles. The van der Waals surface area contributed by atoms with Crippen LogP contribution in [0.25, 0.3) is 0 Å². The summed E-state index contributed by atoms with van der Waals surface area (Å²) in [5.74, 6) is 1.14. The minimum absolute atomic E-state index is 0. The molecule has 5 heteroatoms. The van der Waals surface area contributed by atoms with Crippen molar-refractivity contribution in [2.45, 2.75) is 18.7 Å². The van der Waals surface area contributed by atoms with Gasteiger partial charge in [-0.05, 0) is 12.5 Å². The summed E-state index contributed by atoms with van der Waals surface area (Å²) in [6.45, 7) is 2.16. The molecule has 3 nitrogen and oxygen atoms in total. The quantitative estimate of drug-likeness (QED) is 0.809. The maximum atomic E-state index is 11.2. The zero-order valence-corrected chi connectivity index (χ0v) is 11.4. The van der Waals surface area contributed by atoms with Gasteiger partial charge in [0.05, 0.1) is 6.61 Å². The summed E-state index contributed by atoms with van der Waals surface area (Å²) in [4.78, 5) is 11.2. The lowest BCUT2D eigenvalue weighted by Crippen LogP contribution is -2.34. The molecule has 0 aliphatic rings. The van der Waals surface area contributed by atoms with E-state index in [0.717, 1.165) is 5.75 Å². The molecule has 0 saturated carbocycles. The SMILES string of the molecule is CCOC(=O)C(N)CSCc1ccccc1.Cl. The molecular weight excluding hydrogens is 258 g/mol. The molecule has 0 bridgehead atoms. The summed E-state index contributed by atoms with van der Waals surface area (Å²) in [5, 5.41) is 0. The molecule has 2 N–H and O–H groups in total. The maximum Gasteiger partial charge on any atom is 0.323 e. The first kappa shape index (κ1) is 16.3. The van der Waals surface area contributed by atoms with Crippen molar-refractivity contribution >= 4 is 30.1 Å². The largest absolute Gasteiger partial charge is 0.465 e. The standard InChI is InChI=1S/C12H17NO2S.ClH/c1-2-15-12(14)11(13)9-16-8-10-6-4-3-5-7-10;/h3-7,11H,2,8-9,13H2,1H3;1H. The average molecular weight is 276 g/mol. The van der Waals surface area contributed by atoms with Crippen LogP contribution in [0.15, 0.2) is 30.3 Å². The molecule has 1 aromatic rings. The van der Waals surface area contributed by atoms with Gasteiger partial charge in [0.2, 0.25) is 0 Å². The Morgan fingerprint density at radius 1 is 1.41 bits per heavy atom. The van der Waals surface area contributed by atoms with E-state index < -0.39 is 6.04 Å². The predicted octanol–water partition coefficient (Wildman–Crippen LogP) is 2.23. The molecule has 0 spiro atoms. The van der Waals surface area contributed by atoms with Crippen molar-refractivity contribution in [3.8, 4) is 0 Å². The van der Waals surface area contributed by atoms with Crippen molar-refractivity contribution < 1.29 is 9.53 Å². The monoisotopic (exact) mass is 275 g/mol. The molecule has 1 aromatic carbocycles. The number of esters is 1. The Hall–Kier alpha value is -0.710. The van der Waals surface area contributed by atoms with Crippen LogP contribution < -0.4 is 5.73 Å². The number of rotatable bonds is 6. The Kier molecular flexibility index (Phi) is 8.94. The van der Waals surface area contributed by atoms with E-state index in [1.807, 2.05) is 18.2 Å². The van der Waals surface area contributed by atoms with Crippen molar-refractivity contribution in [1.29, 1.82) is 0 Å². The zero-order valence-electron chi connectivity index (χ0n) is 9.80. The fraction of sp³-hybridized carbons (Fsp3) is 0.417. The lowest BCUT2D eigenvalue weighted by Gasteiger charge is -2.09. The third kappa shape index (κ3) is 6.56. The number of halogens is 1. The van der Waals surface area contributed by atoms with Crippen molar-refractivity contribution in [3.05, 3.63) is 35.9 Å². The van der Waals surface area contributed by atoms with Gasteiger partial charge in [-0.3, -0.25) is 4.79 Å². The van der Waals surface area contributed by atoms with Gasteiger partial charge >= 0.3 is 5.97 Å². The molecule has 1 rings (SSSR count). The van der Waals surface area contributed by atoms with E-state index in [1.165, 1.54) is 5.56 Å². The number of carbonyl (C=O) groups is 1. The van der Waals surface area contributed by atoms with E-state index in [4.69, 9.17) is 10.5 Å². The summed E-state index contributed by atoms with van der Waals surface area (Å²) in [5.41, 5.74) is 6.91. The number of nitrogens with two attached hydrogens (primary N) is 1. The van der Waals surface area contributed by atoms with Crippen molar-refractivity contribution in [2.75, 3.05) is 12.4 Å². The lowest BCUT2D eigenvalue weighted by atomic mass is 10.2. The van der Waals surface area contributed by atoms with Crippen LogP contribution in [-0.2, 0) is 15.3 Å². The Morgan fingerprint density at radius 2 is 2.06 bits per heavy atom. The zero-order chi connectivity index (χ0) is 11.8. The Bertz CT molecular complexity index is 322. The van der Waals surface area contributed by atoms with E-state index in [-0.39, 0.29) is 18.4 Å². The van der Waals surface area contributed by atoms with Crippen LogP contribution in [0, 0.1) is 0 Å². The predicted molar refractivity (Wildman–Crippen MR) is 74.5 cm³/mol. The fourth-order valence-corrected chi connectivity index (χ4v) is 2.13. The second kappa shape index (κ2) is 9.33. The minimum atomic E-state index is -0.520. The molecule has 0 aromatic heterocycles. The lowest BCUT2D eigenvalue weighted by molar-refractivity contribution is -0.144. The van der Waals surface area contributed by atoms with Crippen LogP contribution in [0.1, 0.15) is 12.5 Å². The smallest absolute Gasteiger partial charge is 0.323 e. The Labute approximate surface area is 113 Å². The summed E-state index contributed by atoms with van der Waals surface area (Å²) >= 11 is 1.64. The Morgan fingerprint density at radius 3 is 2.65 bits per heavy atom. The molecule has 17 heavy (non-hydrogen) atoms. The van der Waals surface area contributed by atoms with Crippen LogP contribution in [-0.4, -0.2) is 24.4 Å². The van der Waals surface area contributed by atoms with E-state index >= 15 is 0 Å². The Balaban J connectivity index is 0.00000256. The van der Waals surface area contributed by atoms with Crippen molar-refractivity contribution in [3.63, 3.8) is 0 Å². The summed E-state index contributed by atoms with van der Waals surface area (Å²) in [7, 11) is 0. The third-order valence-corrected chi connectivity index (χ3v) is 3.13. The van der Waals surface area contributed by atoms with Gasteiger partial charge < -0.3 is 10.5 Å². The van der Waals surface area contributed by atoms with Crippen LogP contribution in [0.4, 0.5) is 0 Å². The van der Waals surface area contributed by atoms with Gasteiger partial charge in [-0.15, -0.1) is 12.4 Å². The van der Waals surface area contributed by atoms with Gasteiger partial charge in [0.15, 0.2) is 0 Å². The molecule has 96 valence electrons. The number of hydrogen-bond donors (Lipinski definition) is 1. The second-order valence-corrected chi connectivity index (χ2v) is 4.39. The molecule has 0 aliphatic heterocycles. The second-order valence-electron chi connectivity index (χ2n) is 3.36. The van der Waals surface area contributed by atoms with Gasteiger partial charge in [0.25, 0.3) is 0 Å². The molecule has 0 aliphatic carbocycles. The van der Waals surface area contributed by atoms with Crippen molar-refractivity contribution in [2.24, 2.45) is 5.73 Å². The molecule has 0 fully saturated rings. The highest BCUT2D eigenvalue weighted by Gasteiger charge is 2.13. The van der Waals surface area contributed by atoms with Crippen molar-refractivity contribution in [1.82, 2.24) is 0 Å². The molecular formula is C12H18ClNO2S. The van der Waals surface area contributed by atoms with Crippen LogP contribution in [0.3, 0.4) is 0 Å². The number of thioether (sulfide) groups is 1. The highest BCUT2D eigenvalue weighted by Crippen LogP contribution is 2.12. The topological polar surface area (TPSA) is 52.3 Å². The van der Waals surface area contributed by atoms with Gasteiger partial charge in [0.1, 0.15) is 6.04 Å². The fourth-order valence-electron chi connectivity index (χ4n) is 1.20. The summed E-state index contributed by atoms with van der Waals surface area (Å²) in [6, 6.07) is 9.58. The van der Waals surface area contributed by atoms with Gasteiger partial charge in [0, 0.05) is 11.5 Å². The van der Waals surface area contributed by atoms with Crippen LogP contribution in [0.5, 0.6) is 0 Å². The molecule has 0 saturated heterocycles. The third-order valence-electron chi connectivity index (χ3n) is 2.00. The first-order chi connectivity index (χ1) is 7.74. The van der Waals surface area contributed by atoms with Crippen LogP contribution in [0.2, 0.25) is 0 Å². The number of carbonyl (C=O) groups excluding carboxylic acids is 1. The summed E-state index contributed by atoms with van der Waals surface area (Å²) < 4.78 is 4.83. The molecule has 0 radical (unpaired) electrons. The minimum Gasteiger partial charge on any atom is -0.465 e. The summed E-state index contributed by atoms with van der Waals surface area (Å²) in [6.07, 6.45) is 0. The number of hydrogen-bond acceptors (Lipinski definition) is 4. The first-order valence-corrected chi connectivity index (χ1v) is 6.43. The van der Waals surface area contributed by atoms with E-state index in [0.29, 0.717) is 12.4 Å². The van der Waals surface area contributed by atoms with E-state index in [2.05, 4.69) is 12.1 Å². The maximum absolute atomic E-state index is 11.2. The van der Waals surface area contributed by atoms with E-state index in [9.17, 15) is 4.79 Å². The molecule has 1 atom stereocenters. The normalized spacial score (nSPS) is 11.4. The number of benzene rings is 1. The van der Waals surface area contributed by atoms with E-state index in [1.54, 1.807) is 18.7 Å². The van der Waals surface area contributed by atoms with Gasteiger partial charge in [-0.25, -0.2) is 0 Å². The van der Waals surface area contributed by atoms with Gasteiger partial charge in [-0.2, -0.15) is 11.8 Å². The highest BCUT2D eigenvalue weighted by molar-refractivity contribution is 7.98. The molecule has 1 unspecified atom stereocenters. The molecule has 0 amide bonds. The van der Waals surface area contributed by atoms with Crippen LogP contribution >= 0.6 is 24.2 Å².